The lowest BCUT2D eigenvalue weighted by molar-refractivity contribution is 0.00482. The average Bonchev–Trinajstić information content (AvgIpc) is 3.54. The van der Waals surface area contributed by atoms with E-state index >= 15 is 0 Å². The minimum absolute atomic E-state index is 0.270. The Bertz CT molecular complexity index is 974. The van der Waals surface area contributed by atoms with Crippen LogP contribution < -0.4 is 4.90 Å². The van der Waals surface area contributed by atoms with Crippen LogP contribution in [0.25, 0.3) is 11.3 Å². The Hall–Kier alpha value is -2.71. The predicted molar refractivity (Wildman–Crippen MR) is 133 cm³/mol. The Morgan fingerprint density at radius 3 is 2.47 bits per heavy atom. The number of rotatable bonds is 13. The summed E-state index contributed by atoms with van der Waals surface area (Å²) in [6.45, 7) is 5.05. The van der Waals surface area contributed by atoms with Crippen molar-refractivity contribution in [1.82, 2.24) is 10.1 Å². The van der Waals surface area contributed by atoms with Gasteiger partial charge in [0, 0.05) is 45.4 Å². The van der Waals surface area contributed by atoms with Gasteiger partial charge in [-0.2, -0.15) is 0 Å². The molecule has 1 aromatic heterocycles. The van der Waals surface area contributed by atoms with Crippen molar-refractivity contribution in [3.05, 3.63) is 71.8 Å². The Kier molecular flexibility index (Phi) is 9.10. The van der Waals surface area contributed by atoms with Gasteiger partial charge in [-0.05, 0) is 18.4 Å². The van der Waals surface area contributed by atoms with E-state index in [1.54, 1.807) is 7.11 Å². The first-order chi connectivity index (χ1) is 16.7. The maximum atomic E-state index is 10.7. The molecule has 1 aliphatic heterocycles. The highest BCUT2D eigenvalue weighted by atomic mass is 16.5. The first-order valence-corrected chi connectivity index (χ1v) is 12.0. The van der Waals surface area contributed by atoms with Crippen LogP contribution in [0.5, 0.6) is 0 Å². The smallest absolute Gasteiger partial charge is 0.232 e. The fraction of sp³-hybridized carbons (Fsp3) is 0.444. The lowest BCUT2D eigenvalue weighted by atomic mass is 10.1. The Balaban J connectivity index is 1.46. The number of anilines is 1. The van der Waals surface area contributed by atoms with E-state index in [1.165, 1.54) is 0 Å². The van der Waals surface area contributed by atoms with Crippen molar-refractivity contribution < 1.29 is 19.1 Å². The van der Waals surface area contributed by atoms with Crippen molar-refractivity contribution in [2.24, 2.45) is 0 Å². The molecule has 1 atom stereocenters. The first kappa shape index (κ1) is 24.4. The molecule has 2 aromatic carbocycles. The molecule has 1 saturated heterocycles. The summed E-state index contributed by atoms with van der Waals surface area (Å²) >= 11 is 0. The first-order valence-electron chi connectivity index (χ1n) is 12.0. The fourth-order valence-electron chi connectivity index (χ4n) is 4.35. The topological polar surface area (TPSA) is 71.2 Å². The Labute approximate surface area is 201 Å². The summed E-state index contributed by atoms with van der Waals surface area (Å²) < 4.78 is 17.0. The second kappa shape index (κ2) is 12.7. The van der Waals surface area contributed by atoms with Gasteiger partial charge in [-0.25, -0.2) is 0 Å². The van der Waals surface area contributed by atoms with E-state index in [9.17, 15) is 5.11 Å². The summed E-state index contributed by atoms with van der Waals surface area (Å²) in [5, 5.41) is 15.2. The van der Waals surface area contributed by atoms with Crippen LogP contribution in [0.15, 0.2) is 65.2 Å². The maximum Gasteiger partial charge on any atom is 0.232 e. The summed E-state index contributed by atoms with van der Waals surface area (Å²) in [7, 11) is 1.70. The van der Waals surface area contributed by atoms with Gasteiger partial charge in [-0.1, -0.05) is 65.8 Å². The summed E-state index contributed by atoms with van der Waals surface area (Å²) in [4.78, 5) is 4.47. The number of aliphatic hydroxyl groups is 1. The van der Waals surface area contributed by atoms with E-state index in [2.05, 4.69) is 27.1 Å². The molecule has 1 aliphatic rings. The number of methoxy groups -OCH3 is 1. The monoisotopic (exact) mass is 465 g/mol. The van der Waals surface area contributed by atoms with Gasteiger partial charge in [0.1, 0.15) is 5.69 Å². The molecule has 0 amide bonds. The molecule has 0 bridgehead atoms. The molecule has 0 unspecified atom stereocenters. The van der Waals surface area contributed by atoms with Crippen LogP contribution in [0.4, 0.5) is 5.88 Å². The number of nitrogens with zero attached hydrogens (tertiary/aromatic N) is 3. The van der Waals surface area contributed by atoms with Gasteiger partial charge >= 0.3 is 0 Å². The average molecular weight is 466 g/mol. The number of aliphatic hydroxyl groups excluding tert-OH is 1. The molecule has 0 saturated carbocycles. The predicted octanol–water partition coefficient (Wildman–Crippen LogP) is 3.97. The van der Waals surface area contributed by atoms with Gasteiger partial charge in [-0.3, -0.25) is 4.90 Å². The zero-order valence-electron chi connectivity index (χ0n) is 19.9. The normalized spacial score (nSPS) is 14.7. The van der Waals surface area contributed by atoms with Crippen LogP contribution in [-0.2, 0) is 22.6 Å². The molecule has 4 rings (SSSR count). The van der Waals surface area contributed by atoms with Crippen molar-refractivity contribution in [3.8, 4) is 11.3 Å². The van der Waals surface area contributed by atoms with E-state index in [0.717, 1.165) is 54.2 Å². The molecule has 7 nitrogen and oxygen atoms in total. The van der Waals surface area contributed by atoms with E-state index in [0.29, 0.717) is 32.8 Å². The number of ether oxygens (including phenoxy) is 2. The van der Waals surface area contributed by atoms with Gasteiger partial charge in [0.25, 0.3) is 0 Å². The van der Waals surface area contributed by atoms with Crippen LogP contribution in [0, 0.1) is 0 Å². The highest BCUT2D eigenvalue weighted by molar-refractivity contribution is 5.68. The molecular weight excluding hydrogens is 430 g/mol. The van der Waals surface area contributed by atoms with Crippen molar-refractivity contribution in [3.63, 3.8) is 0 Å². The van der Waals surface area contributed by atoms with Crippen LogP contribution in [0.3, 0.4) is 0 Å². The molecule has 7 heteroatoms. The lowest BCUT2D eigenvalue weighted by Gasteiger charge is -2.26. The van der Waals surface area contributed by atoms with Gasteiger partial charge < -0.3 is 24.0 Å². The van der Waals surface area contributed by atoms with Crippen LogP contribution in [0.1, 0.15) is 24.0 Å². The number of hydrogen-bond donors (Lipinski definition) is 1. The number of hydrogen-bond acceptors (Lipinski definition) is 7. The fourth-order valence-corrected chi connectivity index (χ4v) is 4.35. The Morgan fingerprint density at radius 1 is 1.06 bits per heavy atom. The highest BCUT2D eigenvalue weighted by Crippen LogP contribution is 2.34. The highest BCUT2D eigenvalue weighted by Gasteiger charge is 2.26. The van der Waals surface area contributed by atoms with Crippen LogP contribution in [0.2, 0.25) is 0 Å². The molecule has 2 heterocycles. The lowest BCUT2D eigenvalue weighted by Crippen LogP contribution is -2.37. The molecule has 3 aromatic rings. The van der Waals surface area contributed by atoms with Gasteiger partial charge in [0.15, 0.2) is 0 Å². The molecule has 0 aliphatic carbocycles. The van der Waals surface area contributed by atoms with Gasteiger partial charge in [0.05, 0.1) is 31.5 Å². The zero-order valence-corrected chi connectivity index (χ0v) is 19.9. The van der Waals surface area contributed by atoms with Crippen molar-refractivity contribution in [2.75, 3.05) is 51.4 Å². The summed E-state index contributed by atoms with van der Waals surface area (Å²) in [6, 6.07) is 20.1. The summed E-state index contributed by atoms with van der Waals surface area (Å²) in [5.74, 6) is 0.841. The summed E-state index contributed by atoms with van der Waals surface area (Å²) in [5.41, 5.74) is 4.05. The van der Waals surface area contributed by atoms with Crippen LogP contribution in [-0.4, -0.2) is 67.8 Å². The van der Waals surface area contributed by atoms with E-state index in [-0.39, 0.29) is 6.61 Å². The van der Waals surface area contributed by atoms with E-state index in [1.807, 2.05) is 48.5 Å². The minimum Gasteiger partial charge on any atom is -0.389 e. The van der Waals surface area contributed by atoms with E-state index in [4.69, 9.17) is 14.0 Å². The molecule has 1 N–H and O–H groups in total. The SMILES string of the molecule is COCCN(Cc1c(-c2ccccc2)noc1N1CCCC1)C[C@H](O)COCc1ccccc1. The molecule has 0 spiro atoms. The second-order valence-corrected chi connectivity index (χ2v) is 8.76. The van der Waals surface area contributed by atoms with Crippen molar-refractivity contribution in [1.29, 1.82) is 0 Å². The molecule has 34 heavy (non-hydrogen) atoms. The van der Waals surface area contributed by atoms with Crippen LogP contribution >= 0.6 is 0 Å². The third-order valence-corrected chi connectivity index (χ3v) is 6.09. The molecule has 0 radical (unpaired) electrons. The standard InChI is InChI=1S/C27H35N3O4/c1-32-17-16-29(18-24(31)21-33-20-22-10-4-2-5-11-22)19-25-26(23-12-6-3-7-13-23)28-34-27(25)30-14-8-9-15-30/h2-7,10-13,24,31H,8-9,14-21H2,1H3/t24-/m0/s1. The molecular formula is C27H35N3O4. The minimum atomic E-state index is -0.615. The number of aromatic nitrogens is 1. The quantitative estimate of drug-likeness (QED) is 0.410. The zero-order chi connectivity index (χ0) is 23.6. The largest absolute Gasteiger partial charge is 0.389 e. The van der Waals surface area contributed by atoms with Crippen molar-refractivity contribution in [2.45, 2.75) is 32.1 Å². The van der Waals surface area contributed by atoms with Gasteiger partial charge in [0.2, 0.25) is 5.88 Å². The van der Waals surface area contributed by atoms with E-state index < -0.39 is 6.10 Å². The second-order valence-electron chi connectivity index (χ2n) is 8.76. The maximum absolute atomic E-state index is 10.7. The summed E-state index contributed by atoms with van der Waals surface area (Å²) in [6.07, 6.45) is 1.70. The number of benzene rings is 2. The van der Waals surface area contributed by atoms with Crippen molar-refractivity contribution >= 4 is 5.88 Å². The Morgan fingerprint density at radius 2 is 1.76 bits per heavy atom. The molecule has 182 valence electrons. The van der Waals surface area contributed by atoms with Gasteiger partial charge in [-0.15, -0.1) is 0 Å². The third-order valence-electron chi connectivity index (χ3n) is 6.09. The molecule has 1 fully saturated rings. The third kappa shape index (κ3) is 6.67.